The van der Waals surface area contributed by atoms with Gasteiger partial charge in [-0.1, -0.05) is 0 Å². The molecule has 4 aliphatic carbocycles. The second-order valence-electron chi connectivity index (χ2n) is 11.8. The Kier molecular flexibility index (Phi) is 8.88. The first-order chi connectivity index (χ1) is 21.0. The van der Waals surface area contributed by atoms with Crippen molar-refractivity contribution in [2.45, 2.75) is 57.2 Å². The number of hydrogen-bond donors (Lipinski definition) is 5. The molecule has 2 aromatic heterocycles. The van der Waals surface area contributed by atoms with Crippen LogP contribution in [0.1, 0.15) is 59.2 Å². The van der Waals surface area contributed by atoms with Gasteiger partial charge in [0.15, 0.2) is 0 Å². The van der Waals surface area contributed by atoms with E-state index in [1.165, 1.54) is 36.4 Å². The molecule has 6 atom stereocenters. The minimum Gasteiger partial charge on any atom is -0.478 e. The molecule has 0 radical (unpaired) electrons. The molecule has 0 saturated heterocycles. The Morgan fingerprint density at radius 2 is 1.80 bits per heavy atom. The molecule has 14 nitrogen and oxygen atoms in total. The number of pyridine rings is 2. The number of nitrogens with one attached hydrogen (secondary N) is 4. The van der Waals surface area contributed by atoms with Crippen molar-refractivity contribution in [3.8, 4) is 0 Å². The van der Waals surface area contributed by atoms with Crippen molar-refractivity contribution in [3.05, 3.63) is 58.3 Å². The molecule has 6 rings (SSSR count). The Bertz CT molecular complexity index is 1570. The van der Waals surface area contributed by atoms with E-state index in [1.54, 1.807) is 0 Å². The first kappa shape index (κ1) is 30.6. The second-order valence-corrected chi connectivity index (χ2v) is 11.8. The predicted octanol–water partition coefficient (Wildman–Crippen LogP) is 0.325. The summed E-state index contributed by atoms with van der Waals surface area (Å²) >= 11 is 0. The summed E-state index contributed by atoms with van der Waals surface area (Å²) in [6.45, 7) is -0.236. The van der Waals surface area contributed by atoms with Crippen LogP contribution in [0.3, 0.4) is 0 Å². The maximum absolute atomic E-state index is 13.3. The molecule has 4 fully saturated rings. The van der Waals surface area contributed by atoms with E-state index in [4.69, 9.17) is 0 Å². The van der Waals surface area contributed by atoms with Gasteiger partial charge in [-0.2, -0.15) is 0 Å². The number of anilines is 1. The third-order valence-electron chi connectivity index (χ3n) is 8.99. The molecule has 4 amide bonds. The number of rotatable bonds is 12. The summed E-state index contributed by atoms with van der Waals surface area (Å²) in [5.74, 6) is -2.61. The first-order valence-electron chi connectivity index (χ1n) is 14.6. The van der Waals surface area contributed by atoms with Crippen LogP contribution in [0.5, 0.6) is 0 Å². The van der Waals surface area contributed by atoms with Crippen LogP contribution in [-0.4, -0.2) is 69.2 Å². The number of aromatic carboxylic acids is 1. The maximum atomic E-state index is 13.3. The predicted molar refractivity (Wildman–Crippen MR) is 154 cm³/mol. The minimum absolute atomic E-state index is 0.123. The smallest absolute Gasteiger partial charge is 0.337 e. The van der Waals surface area contributed by atoms with Crippen molar-refractivity contribution in [2.24, 2.45) is 23.7 Å². The number of hydrogen-bond acceptors (Lipinski definition) is 8. The molecule has 4 unspecified atom stereocenters. The van der Waals surface area contributed by atoms with E-state index in [1.807, 2.05) is 0 Å². The van der Waals surface area contributed by atoms with Gasteiger partial charge in [-0.3, -0.25) is 33.8 Å². The van der Waals surface area contributed by atoms with Gasteiger partial charge in [0.05, 0.1) is 11.1 Å². The van der Waals surface area contributed by atoms with Crippen LogP contribution in [0.4, 0.5) is 5.69 Å². The number of carboxylic acids is 1. The highest BCUT2D eigenvalue weighted by molar-refractivity contribution is 6.36. The zero-order valence-corrected chi connectivity index (χ0v) is 24.1. The van der Waals surface area contributed by atoms with Crippen LogP contribution < -0.4 is 26.8 Å². The zero-order valence-electron chi connectivity index (χ0n) is 24.1. The number of nitrogens with zero attached hydrogens (tertiary/aromatic N) is 2. The summed E-state index contributed by atoms with van der Waals surface area (Å²) in [5, 5.41) is 19.4. The minimum atomic E-state index is -1.39. The Morgan fingerprint density at radius 1 is 1.05 bits per heavy atom. The van der Waals surface area contributed by atoms with E-state index >= 15 is 0 Å². The summed E-state index contributed by atoms with van der Waals surface area (Å²) < 4.78 is 1.18. The van der Waals surface area contributed by atoms with Gasteiger partial charge in [0.25, 0.3) is 17.4 Å². The van der Waals surface area contributed by atoms with E-state index in [0.717, 1.165) is 43.6 Å². The van der Waals surface area contributed by atoms with E-state index in [-0.39, 0.29) is 41.7 Å². The Balaban J connectivity index is 1.27. The molecule has 0 aliphatic heterocycles. The fourth-order valence-electron chi connectivity index (χ4n) is 7.04. The summed E-state index contributed by atoms with van der Waals surface area (Å²) in [7, 11) is 1.27. The van der Waals surface area contributed by atoms with Crippen LogP contribution >= 0.6 is 0 Å². The fourth-order valence-corrected chi connectivity index (χ4v) is 7.04. The topological polar surface area (TPSA) is 206 Å². The molecule has 2 aromatic rings. The lowest BCUT2D eigenvalue weighted by atomic mass is 9.79. The Hall–Kier alpha value is -4.88. The molecule has 5 N–H and O–H groups in total. The number of carbonyl (C=O) groups excluding carboxylic acids is 5. The van der Waals surface area contributed by atoms with Crippen molar-refractivity contribution in [1.82, 2.24) is 25.5 Å². The standard InChI is InChI=1S/C30H34N6O8/c1-31-28(41)23(37)5-4-21(33-26(39)18-11-19(30(43)44)13-32-12-18)27(40)34-22-3-2-6-36(29(22)42)14-24(38)35-25-17-8-15-7-16(10-17)20(25)9-15/h2-3,6,11-13,15-17,20-21,25H,4-5,7-10,14H2,1H3,(H,31,41)(H,33,39)(H,34,40)(H,35,38)(H,43,44)/t15?,16?,17?,20?,21-,25-/m0/s1. The third kappa shape index (κ3) is 6.53. The van der Waals surface area contributed by atoms with Crippen molar-refractivity contribution in [2.75, 3.05) is 12.4 Å². The molecule has 44 heavy (non-hydrogen) atoms. The fraction of sp³-hybridized carbons (Fsp3) is 0.467. The van der Waals surface area contributed by atoms with Gasteiger partial charge in [-0.25, -0.2) is 4.79 Å². The van der Waals surface area contributed by atoms with Crippen molar-refractivity contribution < 1.29 is 33.9 Å². The summed E-state index contributed by atoms with van der Waals surface area (Å²) in [6, 6.07) is 2.64. The van der Waals surface area contributed by atoms with Crippen LogP contribution in [-0.2, 0) is 25.7 Å². The van der Waals surface area contributed by atoms with E-state index in [2.05, 4.69) is 26.3 Å². The number of carboxylic acid groups (broad SMARTS) is 1. The van der Waals surface area contributed by atoms with Crippen molar-refractivity contribution in [1.29, 1.82) is 0 Å². The number of Topliss-reactive ketones (excluding diaryl/α,β-unsaturated/α-hetero) is 1. The van der Waals surface area contributed by atoms with E-state index in [9.17, 15) is 38.7 Å². The molecule has 4 aliphatic rings. The molecule has 0 aromatic carbocycles. The van der Waals surface area contributed by atoms with E-state index in [0.29, 0.717) is 17.8 Å². The highest BCUT2D eigenvalue weighted by Gasteiger charge is 2.54. The average molecular weight is 607 g/mol. The lowest BCUT2D eigenvalue weighted by Gasteiger charge is -2.32. The number of aromatic nitrogens is 2. The SMILES string of the molecule is CNC(=O)C(=O)CC[C@H](NC(=O)c1cncc(C(=O)O)c1)C(=O)Nc1cccn(CC(=O)N[C@H]2C3CC4CC(C3)C2C4)c1=O. The Labute approximate surface area is 252 Å². The van der Waals surface area contributed by atoms with Gasteiger partial charge in [-0.05, 0) is 74.0 Å². The number of likely N-dealkylation sites (N-methyl/N-ethyl adjacent to an activating group) is 1. The van der Waals surface area contributed by atoms with Gasteiger partial charge in [-0.15, -0.1) is 0 Å². The second kappa shape index (κ2) is 12.8. The van der Waals surface area contributed by atoms with Gasteiger partial charge < -0.3 is 30.9 Å². The maximum Gasteiger partial charge on any atom is 0.337 e. The number of carbonyl (C=O) groups is 6. The Morgan fingerprint density at radius 3 is 2.52 bits per heavy atom. The average Bonchev–Trinajstić information content (AvgIpc) is 3.42. The highest BCUT2D eigenvalue weighted by Crippen LogP contribution is 2.58. The quantitative estimate of drug-likeness (QED) is 0.211. The van der Waals surface area contributed by atoms with Gasteiger partial charge in [0.1, 0.15) is 18.3 Å². The lowest BCUT2D eigenvalue weighted by molar-refractivity contribution is -0.137. The zero-order chi connectivity index (χ0) is 31.5. The summed E-state index contributed by atoms with van der Waals surface area (Å²) in [6.07, 6.45) is 7.54. The van der Waals surface area contributed by atoms with Crippen LogP contribution in [0.25, 0.3) is 0 Å². The van der Waals surface area contributed by atoms with Crippen LogP contribution in [0.2, 0.25) is 0 Å². The van der Waals surface area contributed by atoms with Crippen LogP contribution in [0.15, 0.2) is 41.6 Å². The molecule has 232 valence electrons. The highest BCUT2D eigenvalue weighted by atomic mass is 16.4. The van der Waals surface area contributed by atoms with Crippen LogP contribution in [0, 0.1) is 23.7 Å². The molecular formula is C30H34N6O8. The normalized spacial score (nSPS) is 23.4. The molecule has 14 heteroatoms. The lowest BCUT2D eigenvalue weighted by Crippen LogP contribution is -2.46. The van der Waals surface area contributed by atoms with E-state index < -0.39 is 47.5 Å². The van der Waals surface area contributed by atoms with Crippen molar-refractivity contribution >= 4 is 41.1 Å². The largest absolute Gasteiger partial charge is 0.478 e. The molecule has 0 spiro atoms. The number of amides is 4. The van der Waals surface area contributed by atoms with Gasteiger partial charge in [0.2, 0.25) is 17.6 Å². The van der Waals surface area contributed by atoms with Gasteiger partial charge in [0, 0.05) is 38.1 Å². The van der Waals surface area contributed by atoms with Crippen molar-refractivity contribution in [3.63, 3.8) is 0 Å². The summed E-state index contributed by atoms with van der Waals surface area (Å²) in [5.41, 5.74) is -1.21. The molecule has 4 saturated carbocycles. The first-order valence-corrected chi connectivity index (χ1v) is 14.6. The third-order valence-corrected chi connectivity index (χ3v) is 8.99. The summed E-state index contributed by atoms with van der Waals surface area (Å²) in [4.78, 5) is 91.2. The monoisotopic (exact) mass is 606 g/mol. The van der Waals surface area contributed by atoms with Gasteiger partial charge >= 0.3 is 5.97 Å². The molecular weight excluding hydrogens is 572 g/mol. The molecule has 2 heterocycles. The number of ketones is 1. The molecule has 4 bridgehead atoms.